The summed E-state index contributed by atoms with van der Waals surface area (Å²) in [5, 5.41) is -0.739. The summed E-state index contributed by atoms with van der Waals surface area (Å²) in [6.45, 7) is 5.18. The number of amides is 2. The first kappa shape index (κ1) is 21.8. The number of ether oxygens (including phenoxy) is 1. The Morgan fingerprint density at radius 3 is 2.67 bits per heavy atom. The van der Waals surface area contributed by atoms with E-state index in [2.05, 4.69) is 10.4 Å². The van der Waals surface area contributed by atoms with Crippen molar-refractivity contribution in [3.05, 3.63) is 54.4 Å². The average molecular weight is 434 g/mol. The summed E-state index contributed by atoms with van der Waals surface area (Å²) in [4.78, 5) is 43.2. The van der Waals surface area contributed by atoms with Crippen LogP contribution in [-0.2, 0) is 19.1 Å². The summed E-state index contributed by atoms with van der Waals surface area (Å²) in [5.41, 5.74) is 2.03. The summed E-state index contributed by atoms with van der Waals surface area (Å²) in [6, 6.07) is 5.15. The lowest BCUT2D eigenvalue weighted by Crippen LogP contribution is -2.46. The molecular weight excluding hydrogens is 411 g/mol. The Kier molecular flexibility index (Phi) is 6.45. The van der Waals surface area contributed by atoms with Crippen molar-refractivity contribution in [1.29, 1.82) is 0 Å². The zero-order valence-electron chi connectivity index (χ0n) is 16.9. The molecule has 1 fully saturated rings. The van der Waals surface area contributed by atoms with Crippen LogP contribution in [0, 0.1) is 5.82 Å². The number of benzene rings is 1. The van der Waals surface area contributed by atoms with Crippen LogP contribution < -0.4 is 5.43 Å². The number of rotatable bonds is 5. The number of halogens is 1. The minimum atomic E-state index is -0.924. The van der Waals surface area contributed by atoms with Gasteiger partial charge in [-0.15, -0.1) is 11.8 Å². The molecule has 3 rings (SSSR count). The molecule has 10 heteroatoms. The molecule has 1 aliphatic rings. The lowest BCUT2D eigenvalue weighted by molar-refractivity contribution is -0.164. The van der Waals surface area contributed by atoms with Gasteiger partial charge in [-0.05, 0) is 26.8 Å². The molecule has 0 radical (unpaired) electrons. The van der Waals surface area contributed by atoms with Crippen LogP contribution in [-0.4, -0.2) is 49.7 Å². The molecule has 1 aromatic heterocycles. The number of carbonyl (C=O) groups is 3. The van der Waals surface area contributed by atoms with Crippen molar-refractivity contribution in [3.8, 4) is 0 Å². The average Bonchev–Trinajstić information content (AvgIpc) is 3.30. The predicted octanol–water partition coefficient (Wildman–Crippen LogP) is 2.47. The van der Waals surface area contributed by atoms with E-state index in [9.17, 15) is 18.8 Å². The van der Waals surface area contributed by atoms with E-state index in [1.165, 1.54) is 46.1 Å². The first-order chi connectivity index (χ1) is 14.2. The Morgan fingerprint density at radius 1 is 1.30 bits per heavy atom. The molecule has 2 atom stereocenters. The summed E-state index contributed by atoms with van der Waals surface area (Å²) >= 11 is 1.26. The number of aromatic nitrogens is 2. The lowest BCUT2D eigenvalue weighted by atomic mass is 10.1. The van der Waals surface area contributed by atoms with Gasteiger partial charge in [-0.25, -0.2) is 18.8 Å². The number of nitrogens with one attached hydrogen (secondary N) is 1. The molecule has 2 aromatic rings. The zero-order chi connectivity index (χ0) is 21.9. The smallest absolute Gasteiger partial charge is 0.330 e. The van der Waals surface area contributed by atoms with Crippen molar-refractivity contribution in [2.24, 2.45) is 0 Å². The van der Waals surface area contributed by atoms with Gasteiger partial charge < -0.3 is 9.64 Å². The molecule has 2 amide bonds. The number of hydrogen-bond acceptors (Lipinski definition) is 6. The maximum absolute atomic E-state index is 14.4. The van der Waals surface area contributed by atoms with Gasteiger partial charge in [-0.1, -0.05) is 18.2 Å². The number of imidazole rings is 1. The highest BCUT2D eigenvalue weighted by atomic mass is 32.2. The highest BCUT2D eigenvalue weighted by Crippen LogP contribution is 2.43. The molecule has 0 spiro atoms. The van der Waals surface area contributed by atoms with E-state index >= 15 is 0 Å². The van der Waals surface area contributed by atoms with Gasteiger partial charge in [0.1, 0.15) is 35.6 Å². The van der Waals surface area contributed by atoms with Crippen LogP contribution in [0.15, 0.2) is 43.0 Å². The molecule has 0 unspecified atom stereocenters. The van der Waals surface area contributed by atoms with Crippen molar-refractivity contribution >= 4 is 29.5 Å². The molecule has 1 N–H and O–H groups in total. The number of thioether (sulfide) groups is 1. The maximum atomic E-state index is 14.4. The lowest BCUT2D eigenvalue weighted by Gasteiger charge is -2.30. The molecule has 160 valence electrons. The van der Waals surface area contributed by atoms with Crippen LogP contribution in [0.4, 0.5) is 4.39 Å². The van der Waals surface area contributed by atoms with Crippen molar-refractivity contribution in [3.63, 3.8) is 0 Å². The maximum Gasteiger partial charge on any atom is 0.330 e. The zero-order valence-corrected chi connectivity index (χ0v) is 17.7. The van der Waals surface area contributed by atoms with E-state index < -0.39 is 47.0 Å². The third-order valence-corrected chi connectivity index (χ3v) is 5.51. The second-order valence-corrected chi connectivity index (χ2v) is 8.85. The topological polar surface area (TPSA) is 93.5 Å². The summed E-state index contributed by atoms with van der Waals surface area (Å²) in [5.74, 6) is -2.01. The molecule has 0 saturated carbocycles. The fourth-order valence-electron chi connectivity index (χ4n) is 3.01. The largest absolute Gasteiger partial charge is 0.458 e. The molecule has 8 nitrogen and oxygen atoms in total. The fourth-order valence-corrected chi connectivity index (χ4v) is 4.47. The van der Waals surface area contributed by atoms with Crippen LogP contribution in [0.25, 0.3) is 0 Å². The van der Waals surface area contributed by atoms with E-state index in [0.717, 1.165) is 0 Å². The Bertz CT molecular complexity index is 929. The first-order valence-electron chi connectivity index (χ1n) is 9.33. The van der Waals surface area contributed by atoms with Gasteiger partial charge in [0.15, 0.2) is 0 Å². The second kappa shape index (κ2) is 8.86. The fraction of sp³-hybridized carbons (Fsp3) is 0.400. The Balaban J connectivity index is 1.83. The molecule has 1 aromatic carbocycles. The molecule has 0 aliphatic carbocycles. The summed E-state index contributed by atoms with van der Waals surface area (Å²) < 4.78 is 21.2. The quantitative estimate of drug-likeness (QED) is 0.574. The predicted molar refractivity (Wildman–Crippen MR) is 109 cm³/mol. The van der Waals surface area contributed by atoms with Gasteiger partial charge in [0, 0.05) is 23.7 Å². The van der Waals surface area contributed by atoms with Crippen molar-refractivity contribution in [2.75, 3.05) is 11.2 Å². The van der Waals surface area contributed by atoms with Crippen molar-refractivity contribution in [2.45, 2.75) is 44.2 Å². The van der Waals surface area contributed by atoms with E-state index in [-0.39, 0.29) is 11.3 Å². The van der Waals surface area contributed by atoms with Gasteiger partial charge in [-0.3, -0.25) is 15.0 Å². The minimum absolute atomic E-state index is 0.239. The van der Waals surface area contributed by atoms with Crippen LogP contribution in [0.3, 0.4) is 0 Å². The number of nitrogens with zero attached hydrogens (tertiary/aromatic N) is 3. The number of esters is 1. The highest BCUT2D eigenvalue weighted by Gasteiger charge is 2.45. The standard InChI is InChI=1S/C20H23FN4O4S/c1-20(2,3)29-19(28)15-11-30-18(13-6-4-5-7-14(13)21)25(15)17(27)10-16(26)23-24-9-8-22-12-24/h4-9,12,15,18H,10-11H2,1-3H3,(H,23,26)/t15-,18+/m0/s1. The first-order valence-corrected chi connectivity index (χ1v) is 10.4. The second-order valence-electron chi connectivity index (χ2n) is 7.74. The van der Waals surface area contributed by atoms with E-state index in [4.69, 9.17) is 4.74 Å². The summed E-state index contributed by atoms with van der Waals surface area (Å²) in [6.07, 6.45) is 3.86. The minimum Gasteiger partial charge on any atom is -0.458 e. The highest BCUT2D eigenvalue weighted by molar-refractivity contribution is 7.99. The monoisotopic (exact) mass is 434 g/mol. The van der Waals surface area contributed by atoms with Crippen molar-refractivity contribution in [1.82, 2.24) is 14.6 Å². The third kappa shape index (κ3) is 5.18. The normalized spacial score (nSPS) is 18.9. The Hall–Kier alpha value is -2.88. The third-order valence-electron chi connectivity index (χ3n) is 4.21. The van der Waals surface area contributed by atoms with Crippen molar-refractivity contribution < 1.29 is 23.5 Å². The van der Waals surface area contributed by atoms with Gasteiger partial charge in [-0.2, -0.15) is 0 Å². The molecular formula is C20H23FN4O4S. The van der Waals surface area contributed by atoms with Crippen LogP contribution in [0.2, 0.25) is 0 Å². The number of hydrogen-bond donors (Lipinski definition) is 1. The van der Waals surface area contributed by atoms with Crippen LogP contribution in [0.1, 0.15) is 38.1 Å². The van der Waals surface area contributed by atoms with E-state index in [1.807, 2.05) is 0 Å². The van der Waals surface area contributed by atoms with Gasteiger partial charge >= 0.3 is 5.97 Å². The summed E-state index contributed by atoms with van der Waals surface area (Å²) in [7, 11) is 0. The molecule has 0 bridgehead atoms. The molecule has 1 aliphatic heterocycles. The van der Waals surface area contributed by atoms with E-state index in [1.54, 1.807) is 39.0 Å². The molecule has 30 heavy (non-hydrogen) atoms. The van der Waals surface area contributed by atoms with Gasteiger partial charge in [0.25, 0.3) is 0 Å². The Morgan fingerprint density at radius 2 is 2.03 bits per heavy atom. The van der Waals surface area contributed by atoms with Crippen LogP contribution >= 0.6 is 11.8 Å². The van der Waals surface area contributed by atoms with E-state index in [0.29, 0.717) is 0 Å². The number of carbonyl (C=O) groups excluding carboxylic acids is 3. The SMILES string of the molecule is CC(C)(C)OC(=O)[C@@H]1CS[C@H](c2ccccc2F)N1C(=O)CC(=O)Nn1ccnc1. The molecule has 1 saturated heterocycles. The molecule has 2 heterocycles. The van der Waals surface area contributed by atoms with Gasteiger partial charge in [0.05, 0.1) is 0 Å². The van der Waals surface area contributed by atoms with Crippen LogP contribution in [0.5, 0.6) is 0 Å². The van der Waals surface area contributed by atoms with Gasteiger partial charge in [0.2, 0.25) is 11.8 Å². The Labute approximate surface area is 177 Å².